The van der Waals surface area contributed by atoms with Gasteiger partial charge in [0.15, 0.2) is 0 Å². The Hall–Kier alpha value is -0.920. The van der Waals surface area contributed by atoms with Crippen molar-refractivity contribution in [3.63, 3.8) is 0 Å². The van der Waals surface area contributed by atoms with E-state index in [0.717, 1.165) is 38.9 Å². The summed E-state index contributed by atoms with van der Waals surface area (Å²) in [4.78, 5) is 0. The van der Waals surface area contributed by atoms with E-state index in [4.69, 9.17) is 4.74 Å². The Morgan fingerprint density at radius 3 is 1.64 bits per heavy atom. The smallest absolute Gasteiger partial charge is 0.0576 e. The summed E-state index contributed by atoms with van der Waals surface area (Å²) in [5.74, 6) is 12.6. The molecule has 0 saturated heterocycles. The largest absolute Gasteiger partial charge is 0.379 e. The van der Waals surface area contributed by atoms with E-state index in [1.807, 2.05) is 0 Å². The minimum Gasteiger partial charge on any atom is -0.379 e. The van der Waals surface area contributed by atoms with E-state index in [2.05, 4.69) is 23.7 Å². The monoisotopic (exact) mass is 190 g/mol. The van der Waals surface area contributed by atoms with Crippen molar-refractivity contribution >= 4 is 0 Å². The summed E-state index contributed by atoms with van der Waals surface area (Å²) in [5, 5.41) is 0. The number of hydrogen-bond acceptors (Lipinski definition) is 1. The molecule has 0 aromatic rings. The van der Waals surface area contributed by atoms with Crippen LogP contribution in [0.4, 0.5) is 0 Å². The van der Waals surface area contributed by atoms with Crippen LogP contribution in [0.5, 0.6) is 0 Å². The summed E-state index contributed by atoms with van der Waals surface area (Å²) in [5.41, 5.74) is 0. The van der Waals surface area contributed by atoms with E-state index in [9.17, 15) is 0 Å². The second-order valence-electron chi connectivity index (χ2n) is 3.38. The van der Waals surface area contributed by atoms with Crippen molar-refractivity contribution in [1.82, 2.24) is 0 Å². The molecular weight excluding hydrogens is 172 g/mol. The van der Waals surface area contributed by atoms with Crippen LogP contribution in [0.15, 0.2) is 0 Å². The Balaban J connectivity index is 2.21. The van der Waals surface area contributed by atoms with E-state index in [1.165, 1.54) is 19.3 Å². The number of ether oxygens (including phenoxy) is 1. The zero-order valence-electron chi connectivity index (χ0n) is 8.77. The van der Waals surface area contributed by atoms with Gasteiger partial charge < -0.3 is 4.74 Å². The van der Waals surface area contributed by atoms with Gasteiger partial charge in [-0.25, -0.2) is 0 Å². The molecule has 1 aliphatic rings. The quantitative estimate of drug-likeness (QED) is 0.534. The van der Waals surface area contributed by atoms with Crippen molar-refractivity contribution in [3.8, 4) is 23.7 Å². The van der Waals surface area contributed by atoms with Crippen LogP contribution in [-0.2, 0) is 4.74 Å². The molecule has 1 aliphatic heterocycles. The molecule has 0 atom stereocenters. The lowest BCUT2D eigenvalue weighted by Gasteiger charge is -1.97. The van der Waals surface area contributed by atoms with E-state index in [0.29, 0.717) is 0 Å². The third kappa shape index (κ3) is 6.58. The zero-order valence-corrected chi connectivity index (χ0v) is 8.77. The second-order valence-corrected chi connectivity index (χ2v) is 3.38. The van der Waals surface area contributed by atoms with Gasteiger partial charge in [-0.05, 0) is 12.8 Å². The fourth-order valence-electron chi connectivity index (χ4n) is 1.31. The van der Waals surface area contributed by atoms with Crippen LogP contribution < -0.4 is 0 Å². The SMILES string of the molecule is C1#CCCOCCC#CCCCCC1. The molecular formula is C13H18O. The van der Waals surface area contributed by atoms with Gasteiger partial charge in [0.1, 0.15) is 0 Å². The van der Waals surface area contributed by atoms with Crippen molar-refractivity contribution in [2.75, 3.05) is 13.2 Å². The van der Waals surface area contributed by atoms with Crippen LogP contribution in [0, 0.1) is 23.7 Å². The van der Waals surface area contributed by atoms with Crippen LogP contribution in [0.2, 0.25) is 0 Å². The third-order valence-electron chi connectivity index (χ3n) is 2.10. The molecule has 0 N–H and O–H groups in total. The van der Waals surface area contributed by atoms with Crippen molar-refractivity contribution in [2.45, 2.75) is 44.9 Å². The first-order valence-electron chi connectivity index (χ1n) is 5.49. The standard InChI is InChI=1S/C13H18O/c1-2-4-6-8-10-12-14-13-11-9-7-5-3-1/h1-5,10-13H2. The first kappa shape index (κ1) is 11.2. The molecule has 76 valence electrons. The van der Waals surface area contributed by atoms with Crippen LogP contribution in [0.25, 0.3) is 0 Å². The number of rotatable bonds is 0. The lowest BCUT2D eigenvalue weighted by atomic mass is 10.1. The van der Waals surface area contributed by atoms with Crippen LogP contribution in [0.3, 0.4) is 0 Å². The predicted molar refractivity (Wildman–Crippen MR) is 58.7 cm³/mol. The molecule has 1 nitrogen and oxygen atoms in total. The summed E-state index contributed by atoms with van der Waals surface area (Å²) < 4.78 is 5.37. The molecule has 0 saturated carbocycles. The molecule has 1 heteroatoms. The summed E-state index contributed by atoms with van der Waals surface area (Å²) >= 11 is 0. The van der Waals surface area contributed by atoms with Crippen molar-refractivity contribution in [1.29, 1.82) is 0 Å². The van der Waals surface area contributed by atoms with Crippen LogP contribution in [0.1, 0.15) is 44.9 Å². The van der Waals surface area contributed by atoms with Crippen molar-refractivity contribution in [3.05, 3.63) is 0 Å². The normalized spacial score (nSPS) is 19.4. The minimum atomic E-state index is 0.759. The molecule has 0 bridgehead atoms. The predicted octanol–water partition coefficient (Wildman–Crippen LogP) is 2.75. The Bertz CT molecular complexity index is 198. The third-order valence-corrected chi connectivity index (χ3v) is 2.10. The van der Waals surface area contributed by atoms with Gasteiger partial charge in [-0.1, -0.05) is 6.42 Å². The van der Waals surface area contributed by atoms with Gasteiger partial charge in [-0.15, -0.1) is 23.7 Å². The van der Waals surface area contributed by atoms with Gasteiger partial charge in [-0.3, -0.25) is 0 Å². The van der Waals surface area contributed by atoms with Gasteiger partial charge in [0, 0.05) is 25.7 Å². The van der Waals surface area contributed by atoms with Gasteiger partial charge in [-0.2, -0.15) is 0 Å². The molecule has 0 aromatic carbocycles. The van der Waals surface area contributed by atoms with Gasteiger partial charge >= 0.3 is 0 Å². The van der Waals surface area contributed by atoms with Gasteiger partial charge in [0.25, 0.3) is 0 Å². The summed E-state index contributed by atoms with van der Waals surface area (Å²) in [6.07, 6.45) is 7.51. The molecule has 0 radical (unpaired) electrons. The maximum Gasteiger partial charge on any atom is 0.0576 e. The van der Waals surface area contributed by atoms with Crippen molar-refractivity contribution in [2.24, 2.45) is 0 Å². The molecule has 0 spiro atoms. The first-order valence-corrected chi connectivity index (χ1v) is 5.49. The highest BCUT2D eigenvalue weighted by molar-refractivity contribution is 5.00. The van der Waals surface area contributed by atoms with Crippen LogP contribution in [-0.4, -0.2) is 13.2 Å². The highest BCUT2D eigenvalue weighted by Crippen LogP contribution is 2.01. The lowest BCUT2D eigenvalue weighted by molar-refractivity contribution is 0.146. The molecule has 0 aliphatic carbocycles. The molecule has 0 aromatic heterocycles. The number of hydrogen-bond donors (Lipinski definition) is 0. The fraction of sp³-hybridized carbons (Fsp3) is 0.692. The topological polar surface area (TPSA) is 9.23 Å². The van der Waals surface area contributed by atoms with Crippen molar-refractivity contribution < 1.29 is 4.74 Å². The van der Waals surface area contributed by atoms with Gasteiger partial charge in [0.05, 0.1) is 13.2 Å². The van der Waals surface area contributed by atoms with Crippen LogP contribution >= 0.6 is 0 Å². The fourth-order valence-corrected chi connectivity index (χ4v) is 1.31. The molecule has 0 fully saturated rings. The molecule has 1 rings (SSSR count). The highest BCUT2D eigenvalue weighted by Gasteiger charge is 1.88. The summed E-state index contributed by atoms with van der Waals surface area (Å²) in [7, 11) is 0. The summed E-state index contributed by atoms with van der Waals surface area (Å²) in [6.45, 7) is 1.52. The maximum atomic E-state index is 5.37. The average Bonchev–Trinajstić information content (AvgIpc) is 2.22. The second kappa shape index (κ2) is 8.67. The maximum absolute atomic E-state index is 5.37. The molecule has 0 unspecified atom stereocenters. The molecule has 1 heterocycles. The average molecular weight is 190 g/mol. The molecule has 0 amide bonds. The van der Waals surface area contributed by atoms with E-state index in [-0.39, 0.29) is 0 Å². The summed E-state index contributed by atoms with van der Waals surface area (Å²) in [6, 6.07) is 0. The zero-order chi connectivity index (χ0) is 9.90. The van der Waals surface area contributed by atoms with E-state index >= 15 is 0 Å². The lowest BCUT2D eigenvalue weighted by Crippen LogP contribution is -1.94. The van der Waals surface area contributed by atoms with E-state index in [1.54, 1.807) is 0 Å². The Kier molecular flexibility index (Phi) is 6.91. The minimum absolute atomic E-state index is 0.759. The first-order chi connectivity index (χ1) is 7.00. The Labute approximate surface area is 87.2 Å². The van der Waals surface area contributed by atoms with Gasteiger partial charge in [0.2, 0.25) is 0 Å². The Morgan fingerprint density at radius 1 is 0.571 bits per heavy atom. The molecule has 14 heavy (non-hydrogen) atoms. The highest BCUT2D eigenvalue weighted by atomic mass is 16.5. The Morgan fingerprint density at radius 2 is 1.07 bits per heavy atom. The van der Waals surface area contributed by atoms with E-state index < -0.39 is 0 Å².